The molecule has 1 aliphatic rings. The average Bonchev–Trinajstić information content (AvgIpc) is 2.74. The molecule has 1 rings (SSSR count). The number of halogens is 3. The van der Waals surface area contributed by atoms with Gasteiger partial charge >= 0.3 is 6.18 Å². The number of hydrogen-bond donors (Lipinski definition) is 2. The van der Waals surface area contributed by atoms with Gasteiger partial charge in [-0.25, -0.2) is 0 Å². The lowest BCUT2D eigenvalue weighted by Gasteiger charge is -2.07. The summed E-state index contributed by atoms with van der Waals surface area (Å²) in [5.41, 5.74) is 5.43. The van der Waals surface area contributed by atoms with Crippen LogP contribution in [-0.2, 0) is 9.53 Å². The molecular weight excluding hydrogens is 213 g/mol. The second-order valence-corrected chi connectivity index (χ2v) is 3.49. The van der Waals surface area contributed by atoms with Crippen LogP contribution in [0.4, 0.5) is 13.2 Å². The number of nitrogens with two attached hydrogens (primary N) is 1. The predicted molar refractivity (Wildman–Crippen MR) is 46.0 cm³/mol. The van der Waals surface area contributed by atoms with Crippen LogP contribution in [-0.4, -0.2) is 37.4 Å². The molecule has 2 unspecified atom stereocenters. The highest BCUT2D eigenvalue weighted by atomic mass is 19.4. The van der Waals surface area contributed by atoms with Gasteiger partial charge in [-0.15, -0.1) is 0 Å². The molecule has 1 amide bonds. The van der Waals surface area contributed by atoms with Crippen molar-refractivity contribution < 1.29 is 22.7 Å². The Balaban J connectivity index is 1.97. The molecule has 1 aliphatic carbocycles. The minimum Gasteiger partial charge on any atom is -0.372 e. The molecule has 0 saturated heterocycles. The number of amides is 1. The molecule has 0 aromatic carbocycles. The predicted octanol–water partition coefficient (Wildman–Crippen LogP) is 0.171. The van der Waals surface area contributed by atoms with Gasteiger partial charge in [0.1, 0.15) is 6.61 Å². The maximum absolute atomic E-state index is 11.6. The fourth-order valence-corrected chi connectivity index (χ4v) is 1.01. The van der Waals surface area contributed by atoms with Gasteiger partial charge in [-0.2, -0.15) is 13.2 Å². The number of carbonyl (C=O) groups is 1. The van der Waals surface area contributed by atoms with Crippen molar-refractivity contribution in [1.82, 2.24) is 5.32 Å². The molecule has 15 heavy (non-hydrogen) atoms. The molecule has 88 valence electrons. The van der Waals surface area contributed by atoms with E-state index in [1.54, 1.807) is 0 Å². The Morgan fingerprint density at radius 3 is 2.60 bits per heavy atom. The zero-order valence-corrected chi connectivity index (χ0v) is 8.01. The van der Waals surface area contributed by atoms with E-state index >= 15 is 0 Å². The quantitative estimate of drug-likeness (QED) is 0.657. The van der Waals surface area contributed by atoms with E-state index in [0.29, 0.717) is 0 Å². The number of alkyl halides is 3. The average molecular weight is 226 g/mol. The van der Waals surface area contributed by atoms with E-state index in [9.17, 15) is 18.0 Å². The first-order valence-electron chi connectivity index (χ1n) is 4.58. The standard InChI is InChI=1S/C8H13F3N2O2/c9-8(10,11)4-15-2-1-7(14)13-6-3-5(6)12/h5-6H,1-4,12H2,(H,13,14). The van der Waals surface area contributed by atoms with E-state index in [1.165, 1.54) is 0 Å². The molecule has 1 fully saturated rings. The van der Waals surface area contributed by atoms with Crippen LogP contribution in [0.5, 0.6) is 0 Å². The van der Waals surface area contributed by atoms with Crippen LogP contribution < -0.4 is 11.1 Å². The minimum absolute atomic E-state index is 0.00922. The summed E-state index contributed by atoms with van der Waals surface area (Å²) in [7, 11) is 0. The molecule has 0 radical (unpaired) electrons. The van der Waals surface area contributed by atoms with Gasteiger partial charge in [-0.05, 0) is 6.42 Å². The Hall–Kier alpha value is -0.820. The Bertz CT molecular complexity index is 232. The fourth-order valence-electron chi connectivity index (χ4n) is 1.01. The molecule has 2 atom stereocenters. The first kappa shape index (κ1) is 12.3. The van der Waals surface area contributed by atoms with Gasteiger partial charge in [-0.1, -0.05) is 0 Å². The molecular formula is C8H13F3N2O2. The van der Waals surface area contributed by atoms with Crippen LogP contribution in [0.25, 0.3) is 0 Å². The van der Waals surface area contributed by atoms with Crippen LogP contribution in [0, 0.1) is 0 Å². The highest BCUT2D eigenvalue weighted by molar-refractivity contribution is 5.76. The second kappa shape index (κ2) is 4.80. The van der Waals surface area contributed by atoms with E-state index in [0.717, 1.165) is 6.42 Å². The van der Waals surface area contributed by atoms with E-state index < -0.39 is 12.8 Å². The Kier molecular flexibility index (Phi) is 3.92. The van der Waals surface area contributed by atoms with Gasteiger partial charge in [0, 0.05) is 18.5 Å². The Morgan fingerprint density at radius 2 is 2.13 bits per heavy atom. The number of carbonyl (C=O) groups excluding carboxylic acids is 1. The van der Waals surface area contributed by atoms with Crippen LogP contribution in [0.2, 0.25) is 0 Å². The monoisotopic (exact) mass is 226 g/mol. The van der Waals surface area contributed by atoms with Crippen molar-refractivity contribution >= 4 is 5.91 Å². The zero-order chi connectivity index (χ0) is 11.5. The number of ether oxygens (including phenoxy) is 1. The highest BCUT2D eigenvalue weighted by Gasteiger charge is 2.34. The summed E-state index contributed by atoms with van der Waals surface area (Å²) >= 11 is 0. The number of nitrogens with one attached hydrogen (secondary N) is 1. The van der Waals surface area contributed by atoms with Crippen molar-refractivity contribution in [3.8, 4) is 0 Å². The smallest absolute Gasteiger partial charge is 0.372 e. The summed E-state index contributed by atoms with van der Waals surface area (Å²) in [6.45, 7) is -1.55. The SMILES string of the molecule is NC1CC1NC(=O)CCOCC(F)(F)F. The third-order valence-electron chi connectivity index (χ3n) is 1.93. The molecule has 4 nitrogen and oxygen atoms in total. The lowest BCUT2D eigenvalue weighted by molar-refractivity contribution is -0.174. The van der Waals surface area contributed by atoms with Crippen LogP contribution in [0.15, 0.2) is 0 Å². The van der Waals surface area contributed by atoms with Crippen LogP contribution in [0.1, 0.15) is 12.8 Å². The molecule has 0 bridgehead atoms. The fraction of sp³-hybridized carbons (Fsp3) is 0.875. The first-order valence-corrected chi connectivity index (χ1v) is 4.58. The zero-order valence-electron chi connectivity index (χ0n) is 8.01. The van der Waals surface area contributed by atoms with Gasteiger partial charge in [0.2, 0.25) is 5.91 Å². The van der Waals surface area contributed by atoms with E-state index in [-0.39, 0.29) is 31.0 Å². The van der Waals surface area contributed by atoms with Crippen molar-refractivity contribution in [3.05, 3.63) is 0 Å². The first-order chi connectivity index (χ1) is 6.88. The molecule has 0 aliphatic heterocycles. The van der Waals surface area contributed by atoms with Crippen molar-refractivity contribution in [2.45, 2.75) is 31.1 Å². The molecule has 0 aromatic heterocycles. The van der Waals surface area contributed by atoms with E-state index in [2.05, 4.69) is 10.1 Å². The molecule has 0 heterocycles. The minimum atomic E-state index is -4.34. The van der Waals surface area contributed by atoms with Gasteiger partial charge in [0.25, 0.3) is 0 Å². The van der Waals surface area contributed by atoms with Crippen molar-refractivity contribution in [3.63, 3.8) is 0 Å². The van der Waals surface area contributed by atoms with Gasteiger partial charge in [0.05, 0.1) is 6.61 Å². The number of hydrogen-bond acceptors (Lipinski definition) is 3. The highest BCUT2D eigenvalue weighted by Crippen LogP contribution is 2.17. The third-order valence-corrected chi connectivity index (χ3v) is 1.93. The van der Waals surface area contributed by atoms with Crippen LogP contribution in [0.3, 0.4) is 0 Å². The molecule has 0 aromatic rings. The lowest BCUT2D eigenvalue weighted by Crippen LogP contribution is -2.30. The van der Waals surface area contributed by atoms with Crippen molar-refractivity contribution in [2.24, 2.45) is 5.73 Å². The Labute approximate surface area is 84.9 Å². The van der Waals surface area contributed by atoms with Crippen molar-refractivity contribution in [1.29, 1.82) is 0 Å². The summed E-state index contributed by atoms with van der Waals surface area (Å²) in [6, 6.07) is -0.0230. The normalized spacial score (nSPS) is 25.1. The summed E-state index contributed by atoms with van der Waals surface area (Å²) in [5.74, 6) is -0.324. The maximum Gasteiger partial charge on any atom is 0.411 e. The summed E-state index contributed by atoms with van der Waals surface area (Å²) in [5, 5.41) is 2.58. The van der Waals surface area contributed by atoms with Crippen LogP contribution >= 0.6 is 0 Å². The van der Waals surface area contributed by atoms with E-state index in [4.69, 9.17) is 5.73 Å². The second-order valence-electron chi connectivity index (χ2n) is 3.49. The van der Waals surface area contributed by atoms with Gasteiger partial charge < -0.3 is 15.8 Å². The third kappa shape index (κ3) is 5.58. The molecule has 0 spiro atoms. The van der Waals surface area contributed by atoms with Crippen molar-refractivity contribution in [2.75, 3.05) is 13.2 Å². The Morgan fingerprint density at radius 1 is 1.53 bits per heavy atom. The molecule has 1 saturated carbocycles. The van der Waals surface area contributed by atoms with E-state index in [1.807, 2.05) is 0 Å². The van der Waals surface area contributed by atoms with Gasteiger partial charge in [0.15, 0.2) is 0 Å². The molecule has 7 heteroatoms. The summed E-state index contributed by atoms with van der Waals surface area (Å²) in [4.78, 5) is 11.0. The van der Waals surface area contributed by atoms with Gasteiger partial charge in [-0.3, -0.25) is 4.79 Å². The lowest BCUT2D eigenvalue weighted by atomic mass is 10.4. The topological polar surface area (TPSA) is 64.3 Å². The summed E-state index contributed by atoms with van der Waals surface area (Å²) in [6.07, 6.45) is -3.68. The summed E-state index contributed by atoms with van der Waals surface area (Å²) < 4.78 is 39.1. The maximum atomic E-state index is 11.6. The largest absolute Gasteiger partial charge is 0.411 e. The number of rotatable bonds is 5. The molecule has 3 N–H and O–H groups in total.